The van der Waals surface area contributed by atoms with E-state index < -0.39 is 0 Å². The predicted octanol–water partition coefficient (Wildman–Crippen LogP) is 6.13. The molecule has 3 aromatic carbocycles. The number of hydrogen-bond acceptors (Lipinski definition) is 3. The van der Waals surface area contributed by atoms with Gasteiger partial charge in [-0.15, -0.1) is 0 Å². The second kappa shape index (κ2) is 9.25. The topological polar surface area (TPSA) is 35.5 Å². The molecule has 0 saturated carbocycles. The highest BCUT2D eigenvalue weighted by atomic mass is 35.5. The van der Waals surface area contributed by atoms with Gasteiger partial charge in [0.05, 0.1) is 7.11 Å². The Morgan fingerprint density at radius 3 is 2.46 bits per heavy atom. The molecule has 0 bridgehead atoms. The van der Waals surface area contributed by atoms with Crippen molar-refractivity contribution in [2.75, 3.05) is 7.11 Å². The number of ketones is 1. The zero-order chi connectivity index (χ0) is 19.9. The summed E-state index contributed by atoms with van der Waals surface area (Å²) in [6.07, 6.45) is 3.34. The van der Waals surface area contributed by atoms with Crippen LogP contribution in [-0.2, 0) is 6.61 Å². The zero-order valence-electron chi connectivity index (χ0n) is 15.8. The lowest BCUT2D eigenvalue weighted by molar-refractivity contribution is 0.104. The minimum atomic E-state index is -0.0785. The van der Waals surface area contributed by atoms with E-state index in [1.54, 1.807) is 43.5 Å². The van der Waals surface area contributed by atoms with E-state index >= 15 is 0 Å². The van der Waals surface area contributed by atoms with Crippen molar-refractivity contribution in [1.82, 2.24) is 0 Å². The van der Waals surface area contributed by atoms with Crippen molar-refractivity contribution in [2.45, 2.75) is 13.5 Å². The Labute approximate surface area is 170 Å². The molecular weight excluding hydrogens is 372 g/mol. The average Bonchev–Trinajstić information content (AvgIpc) is 2.72. The van der Waals surface area contributed by atoms with Crippen molar-refractivity contribution in [1.29, 1.82) is 0 Å². The summed E-state index contributed by atoms with van der Waals surface area (Å²) < 4.78 is 11.4. The van der Waals surface area contributed by atoms with Crippen LogP contribution in [0.5, 0.6) is 11.5 Å². The lowest BCUT2D eigenvalue weighted by Gasteiger charge is -2.12. The quantitative estimate of drug-likeness (QED) is 0.358. The molecule has 3 aromatic rings. The zero-order valence-corrected chi connectivity index (χ0v) is 16.6. The third-order valence-corrected chi connectivity index (χ3v) is 4.59. The first-order valence-electron chi connectivity index (χ1n) is 8.90. The van der Waals surface area contributed by atoms with Gasteiger partial charge < -0.3 is 9.47 Å². The first-order valence-corrected chi connectivity index (χ1v) is 9.28. The summed E-state index contributed by atoms with van der Waals surface area (Å²) in [7, 11) is 1.63. The van der Waals surface area contributed by atoms with E-state index in [-0.39, 0.29) is 5.78 Å². The van der Waals surface area contributed by atoms with Gasteiger partial charge in [-0.1, -0.05) is 41.9 Å². The van der Waals surface area contributed by atoms with Crippen LogP contribution in [0.3, 0.4) is 0 Å². The Morgan fingerprint density at radius 2 is 1.75 bits per heavy atom. The first-order chi connectivity index (χ1) is 13.6. The van der Waals surface area contributed by atoms with Crippen LogP contribution in [-0.4, -0.2) is 12.9 Å². The van der Waals surface area contributed by atoms with Gasteiger partial charge in [0.1, 0.15) is 18.1 Å². The fourth-order valence-corrected chi connectivity index (χ4v) is 2.90. The van der Waals surface area contributed by atoms with Gasteiger partial charge >= 0.3 is 0 Å². The Balaban J connectivity index is 1.75. The van der Waals surface area contributed by atoms with Crippen LogP contribution in [0.1, 0.15) is 27.0 Å². The summed E-state index contributed by atoms with van der Waals surface area (Å²) in [6.45, 7) is 2.38. The normalized spacial score (nSPS) is 10.8. The minimum absolute atomic E-state index is 0.0785. The van der Waals surface area contributed by atoms with Crippen molar-refractivity contribution in [3.8, 4) is 11.5 Å². The molecule has 0 aromatic heterocycles. The summed E-state index contributed by atoms with van der Waals surface area (Å²) in [6, 6.07) is 20.5. The molecule has 28 heavy (non-hydrogen) atoms. The summed E-state index contributed by atoms with van der Waals surface area (Å²) in [5.74, 6) is 1.50. The number of methoxy groups -OCH3 is 1. The molecule has 0 atom stereocenters. The number of hydrogen-bond donors (Lipinski definition) is 0. The van der Waals surface area contributed by atoms with E-state index in [1.807, 2.05) is 49.4 Å². The maximum atomic E-state index is 12.3. The standard InChI is InChI=1S/C24H21ClO3/c1-17-5-3-4-6-23(17)28-16-20-15-18(8-14-24(20)27-2)7-13-22(26)19-9-11-21(25)12-10-19/h3-15H,16H2,1-2H3/b13-7+. The van der Waals surface area contributed by atoms with Crippen LogP contribution in [0.15, 0.2) is 72.8 Å². The lowest BCUT2D eigenvalue weighted by atomic mass is 10.1. The van der Waals surface area contributed by atoms with Gasteiger partial charge in [-0.05, 0) is 66.6 Å². The largest absolute Gasteiger partial charge is 0.496 e. The number of allylic oxidation sites excluding steroid dienone is 1. The van der Waals surface area contributed by atoms with Crippen molar-refractivity contribution in [3.63, 3.8) is 0 Å². The van der Waals surface area contributed by atoms with E-state index in [2.05, 4.69) is 0 Å². The predicted molar refractivity (Wildman–Crippen MR) is 113 cm³/mol. The Kier molecular flexibility index (Phi) is 6.51. The van der Waals surface area contributed by atoms with Crippen LogP contribution in [0.4, 0.5) is 0 Å². The van der Waals surface area contributed by atoms with E-state index in [4.69, 9.17) is 21.1 Å². The van der Waals surface area contributed by atoms with Crippen LogP contribution < -0.4 is 9.47 Å². The second-order valence-corrected chi connectivity index (χ2v) is 6.77. The van der Waals surface area contributed by atoms with Gasteiger partial charge in [-0.3, -0.25) is 4.79 Å². The van der Waals surface area contributed by atoms with Crippen molar-refractivity contribution in [2.24, 2.45) is 0 Å². The number of carbonyl (C=O) groups is 1. The fourth-order valence-electron chi connectivity index (χ4n) is 2.77. The third-order valence-electron chi connectivity index (χ3n) is 4.34. The Hall–Kier alpha value is -3.04. The molecule has 0 unspecified atom stereocenters. The molecule has 3 rings (SSSR count). The van der Waals surface area contributed by atoms with E-state index in [0.717, 1.165) is 28.2 Å². The molecule has 3 nitrogen and oxygen atoms in total. The average molecular weight is 393 g/mol. The fraction of sp³-hybridized carbons (Fsp3) is 0.125. The SMILES string of the molecule is COc1ccc(/C=C/C(=O)c2ccc(Cl)cc2)cc1COc1ccccc1C. The molecular formula is C24H21ClO3. The number of carbonyl (C=O) groups excluding carboxylic acids is 1. The maximum Gasteiger partial charge on any atom is 0.185 e. The third kappa shape index (κ3) is 5.02. The number of ether oxygens (including phenoxy) is 2. The monoisotopic (exact) mass is 392 g/mol. The first kappa shape index (κ1) is 19.7. The van der Waals surface area contributed by atoms with Crippen molar-refractivity contribution >= 4 is 23.5 Å². The smallest absolute Gasteiger partial charge is 0.185 e. The molecule has 0 spiro atoms. The number of rotatable bonds is 7. The number of halogens is 1. The van der Waals surface area contributed by atoms with E-state index in [0.29, 0.717) is 17.2 Å². The van der Waals surface area contributed by atoms with Crippen LogP contribution in [0.25, 0.3) is 6.08 Å². The molecule has 142 valence electrons. The van der Waals surface area contributed by atoms with Gasteiger partial charge in [0.2, 0.25) is 0 Å². The van der Waals surface area contributed by atoms with Gasteiger partial charge in [0.15, 0.2) is 5.78 Å². The van der Waals surface area contributed by atoms with E-state index in [9.17, 15) is 4.79 Å². The molecule has 0 aliphatic rings. The summed E-state index contributed by atoms with van der Waals surface area (Å²) >= 11 is 5.87. The molecule has 0 amide bonds. The molecule has 0 heterocycles. The van der Waals surface area contributed by atoms with Crippen LogP contribution in [0.2, 0.25) is 5.02 Å². The van der Waals surface area contributed by atoms with E-state index in [1.165, 1.54) is 0 Å². The van der Waals surface area contributed by atoms with Gasteiger partial charge in [-0.25, -0.2) is 0 Å². The molecule has 4 heteroatoms. The highest BCUT2D eigenvalue weighted by Crippen LogP contribution is 2.24. The second-order valence-electron chi connectivity index (χ2n) is 6.33. The summed E-state index contributed by atoms with van der Waals surface area (Å²) in [5, 5.41) is 0.606. The molecule has 0 fully saturated rings. The van der Waals surface area contributed by atoms with Crippen LogP contribution >= 0.6 is 11.6 Å². The molecule has 0 radical (unpaired) electrons. The molecule has 0 aliphatic heterocycles. The Bertz CT molecular complexity index is 991. The number of para-hydroxylation sites is 1. The lowest BCUT2D eigenvalue weighted by Crippen LogP contribution is -2.00. The summed E-state index contributed by atoms with van der Waals surface area (Å²) in [5.41, 5.74) is 3.47. The van der Waals surface area contributed by atoms with Gasteiger partial charge in [0.25, 0.3) is 0 Å². The molecule has 0 saturated heterocycles. The maximum absolute atomic E-state index is 12.3. The minimum Gasteiger partial charge on any atom is -0.496 e. The molecule has 0 aliphatic carbocycles. The van der Waals surface area contributed by atoms with Crippen molar-refractivity contribution < 1.29 is 14.3 Å². The number of aryl methyl sites for hydroxylation is 1. The molecule has 0 N–H and O–H groups in total. The van der Waals surface area contributed by atoms with Crippen molar-refractivity contribution in [3.05, 3.63) is 100 Å². The highest BCUT2D eigenvalue weighted by molar-refractivity contribution is 6.30. The van der Waals surface area contributed by atoms with Gasteiger partial charge in [-0.2, -0.15) is 0 Å². The highest BCUT2D eigenvalue weighted by Gasteiger charge is 2.07. The van der Waals surface area contributed by atoms with Crippen LogP contribution in [0, 0.1) is 6.92 Å². The number of benzene rings is 3. The summed E-state index contributed by atoms with van der Waals surface area (Å²) in [4.78, 5) is 12.3. The van der Waals surface area contributed by atoms with Gasteiger partial charge in [0, 0.05) is 16.1 Å². The Morgan fingerprint density at radius 1 is 1.00 bits per heavy atom.